The van der Waals surface area contributed by atoms with E-state index in [1.54, 1.807) is 18.2 Å². The summed E-state index contributed by atoms with van der Waals surface area (Å²) >= 11 is 7.41. The molecule has 4 rings (SSSR count). The third-order valence-electron chi connectivity index (χ3n) is 4.85. The molecule has 0 aliphatic rings. The topological polar surface area (TPSA) is 123 Å². The van der Waals surface area contributed by atoms with Gasteiger partial charge in [-0.15, -0.1) is 0 Å². The molecular weight excluding hydrogens is 504 g/mol. The number of nitrogens with zero attached hydrogens (tertiary/aromatic N) is 2. The maximum atomic E-state index is 11.4. The molecule has 0 unspecified atom stereocenters. The van der Waals surface area contributed by atoms with Crippen molar-refractivity contribution in [3.63, 3.8) is 0 Å². The summed E-state index contributed by atoms with van der Waals surface area (Å²) in [6, 6.07) is 24.0. The van der Waals surface area contributed by atoms with E-state index in [9.17, 15) is 9.90 Å². The Morgan fingerprint density at radius 3 is 2.36 bits per heavy atom. The molecular formula is C26H25ClN2O6S. The van der Waals surface area contributed by atoms with Gasteiger partial charge in [0.25, 0.3) is 0 Å². The van der Waals surface area contributed by atoms with Crippen LogP contribution in [0.4, 0.5) is 0 Å². The smallest absolute Gasteiger partial charge is 0.336 e. The summed E-state index contributed by atoms with van der Waals surface area (Å²) in [5.41, 5.74) is 1.96. The zero-order valence-electron chi connectivity index (χ0n) is 19.1. The molecule has 4 N–H and O–H groups in total. The molecule has 1 aromatic heterocycles. The van der Waals surface area contributed by atoms with Crippen molar-refractivity contribution in [1.82, 2.24) is 9.88 Å². The maximum Gasteiger partial charge on any atom is 0.336 e. The van der Waals surface area contributed by atoms with Crippen molar-refractivity contribution in [3.05, 3.63) is 95.1 Å². The summed E-state index contributed by atoms with van der Waals surface area (Å²) in [6.45, 7) is -0.606. The lowest BCUT2D eigenvalue weighted by molar-refractivity contribution is -0.0268. The zero-order valence-corrected chi connectivity index (χ0v) is 20.7. The van der Waals surface area contributed by atoms with Gasteiger partial charge in [0.15, 0.2) is 0 Å². The normalized spacial score (nSPS) is 10.7. The van der Waals surface area contributed by atoms with E-state index < -0.39 is 5.97 Å². The quantitative estimate of drug-likeness (QED) is 0.233. The average molecular weight is 529 g/mol. The number of ether oxygens (including phenoxy) is 1. The Morgan fingerprint density at radius 1 is 0.917 bits per heavy atom. The van der Waals surface area contributed by atoms with Crippen molar-refractivity contribution in [1.29, 1.82) is 0 Å². The fourth-order valence-corrected chi connectivity index (χ4v) is 4.17. The number of rotatable bonds is 9. The Kier molecular flexibility index (Phi) is 10.5. The van der Waals surface area contributed by atoms with Crippen molar-refractivity contribution < 1.29 is 30.0 Å². The molecule has 1 heterocycles. The first-order valence-electron chi connectivity index (χ1n) is 10.8. The number of carboxylic acids is 1. The number of hydrogen-bond acceptors (Lipinski definition) is 8. The van der Waals surface area contributed by atoms with Crippen LogP contribution in [-0.2, 0) is 6.61 Å². The van der Waals surface area contributed by atoms with Crippen LogP contribution in [0.15, 0.2) is 88.7 Å². The molecule has 0 aliphatic carbocycles. The molecule has 3 aromatic carbocycles. The molecule has 4 aromatic rings. The lowest BCUT2D eigenvalue weighted by atomic mass is 10.2. The van der Waals surface area contributed by atoms with Crippen LogP contribution in [0, 0.1) is 0 Å². The van der Waals surface area contributed by atoms with Gasteiger partial charge in [-0.2, -0.15) is 0 Å². The highest BCUT2D eigenvalue weighted by atomic mass is 35.5. The lowest BCUT2D eigenvalue weighted by Gasteiger charge is -2.09. The molecule has 36 heavy (non-hydrogen) atoms. The molecule has 0 saturated carbocycles. The fourth-order valence-electron chi connectivity index (χ4n) is 3.00. The number of aliphatic hydroxyl groups excluding tert-OH is 3. The van der Waals surface area contributed by atoms with E-state index in [4.69, 9.17) is 31.7 Å². The third-order valence-corrected chi connectivity index (χ3v) is 6.15. The third kappa shape index (κ3) is 7.92. The van der Waals surface area contributed by atoms with Crippen LogP contribution in [0.1, 0.15) is 16.1 Å². The van der Waals surface area contributed by atoms with Crippen LogP contribution < -0.4 is 4.74 Å². The summed E-state index contributed by atoms with van der Waals surface area (Å²) < 4.78 is 5.90. The Morgan fingerprint density at radius 2 is 1.67 bits per heavy atom. The van der Waals surface area contributed by atoms with E-state index in [1.807, 2.05) is 60.7 Å². The minimum absolute atomic E-state index is 0.282. The van der Waals surface area contributed by atoms with Gasteiger partial charge in [-0.1, -0.05) is 47.6 Å². The minimum atomic E-state index is -0.941. The largest absolute Gasteiger partial charge is 0.487 e. The van der Waals surface area contributed by atoms with Crippen LogP contribution in [0.2, 0.25) is 5.02 Å². The zero-order chi connectivity index (χ0) is 25.9. The monoisotopic (exact) mass is 528 g/mol. The number of aromatic carboxylic acids is 1. The van der Waals surface area contributed by atoms with Gasteiger partial charge < -0.3 is 25.2 Å². The second-order valence-electron chi connectivity index (χ2n) is 7.40. The van der Waals surface area contributed by atoms with Crippen LogP contribution in [0.5, 0.6) is 5.75 Å². The summed E-state index contributed by atoms with van der Waals surface area (Å²) in [4.78, 5) is 18.6. The lowest BCUT2D eigenvalue weighted by Crippen LogP contribution is -2.26. The summed E-state index contributed by atoms with van der Waals surface area (Å²) in [5.74, 6) is -0.245. The Labute approximate surface area is 217 Å². The number of benzene rings is 3. The van der Waals surface area contributed by atoms with Gasteiger partial charge in [-0.05, 0) is 54.6 Å². The summed E-state index contributed by atoms with van der Waals surface area (Å²) in [7, 11) is 0. The fraction of sp³-hybridized carbons (Fsp3) is 0.154. The molecule has 8 nitrogen and oxygen atoms in total. The van der Waals surface area contributed by atoms with Gasteiger partial charge in [0, 0.05) is 20.2 Å². The molecule has 0 amide bonds. The Hall–Kier alpha value is -3.18. The molecule has 188 valence electrons. The number of aromatic nitrogens is 1. The van der Waals surface area contributed by atoms with Gasteiger partial charge >= 0.3 is 5.97 Å². The average Bonchev–Trinajstić information content (AvgIpc) is 2.89. The van der Waals surface area contributed by atoms with Crippen LogP contribution in [0.25, 0.3) is 10.9 Å². The highest BCUT2D eigenvalue weighted by Gasteiger charge is 2.11. The van der Waals surface area contributed by atoms with E-state index in [-0.39, 0.29) is 25.8 Å². The van der Waals surface area contributed by atoms with Crippen LogP contribution in [-0.4, -0.2) is 56.5 Å². The second-order valence-corrected chi connectivity index (χ2v) is 8.95. The Balaban J connectivity index is 0.000000454. The van der Waals surface area contributed by atoms with E-state index in [0.717, 1.165) is 26.4 Å². The van der Waals surface area contributed by atoms with E-state index >= 15 is 0 Å². The van der Waals surface area contributed by atoms with Crippen molar-refractivity contribution in [2.24, 2.45) is 0 Å². The van der Waals surface area contributed by atoms with Gasteiger partial charge in [-0.3, -0.25) is 0 Å². The molecule has 0 fully saturated rings. The van der Waals surface area contributed by atoms with Crippen molar-refractivity contribution in [3.8, 4) is 5.75 Å². The van der Waals surface area contributed by atoms with Crippen LogP contribution >= 0.6 is 23.4 Å². The van der Waals surface area contributed by atoms with Crippen LogP contribution in [0.3, 0.4) is 0 Å². The van der Waals surface area contributed by atoms with Gasteiger partial charge in [-0.25, -0.2) is 14.7 Å². The first kappa shape index (κ1) is 27.4. The highest BCUT2D eigenvalue weighted by molar-refractivity contribution is 7.99. The Bertz CT molecular complexity index is 1300. The standard InChI is InChI=1S/C23H16ClNO3S.C3H9NO3/c24-16-9-11-21-15(12-16)8-10-17(25-21)14-28-18-4-3-5-19(13-18)29-22-7-2-1-6-20(22)23(26)27;5-1-4(2-6)3-7/h1-13H,14H2,(H,26,27);5-7H,1-3H2. The number of halogens is 1. The van der Waals surface area contributed by atoms with Gasteiger partial charge in [0.2, 0.25) is 0 Å². The first-order valence-corrected chi connectivity index (χ1v) is 12.0. The number of carboxylic acid groups (broad SMARTS) is 1. The number of pyridine rings is 1. The molecule has 10 heteroatoms. The van der Waals surface area contributed by atoms with Crippen molar-refractivity contribution in [2.75, 3.05) is 20.2 Å². The molecule has 0 atom stereocenters. The van der Waals surface area contributed by atoms with E-state index in [2.05, 4.69) is 4.98 Å². The first-order chi connectivity index (χ1) is 17.4. The second kappa shape index (κ2) is 13.8. The van der Waals surface area contributed by atoms with Crippen molar-refractivity contribution >= 4 is 40.2 Å². The van der Waals surface area contributed by atoms with E-state index in [1.165, 1.54) is 11.8 Å². The molecule has 0 radical (unpaired) electrons. The van der Waals surface area contributed by atoms with Gasteiger partial charge in [0.05, 0.1) is 37.0 Å². The molecule has 0 bridgehead atoms. The number of carbonyl (C=O) groups is 1. The van der Waals surface area contributed by atoms with Gasteiger partial charge in [0.1, 0.15) is 12.4 Å². The van der Waals surface area contributed by atoms with Crippen molar-refractivity contribution in [2.45, 2.75) is 16.4 Å². The maximum absolute atomic E-state index is 11.4. The number of fused-ring (bicyclic) bond motifs is 1. The SMILES string of the molecule is O=C(O)c1ccccc1Sc1cccc(OCc2ccc3cc(Cl)ccc3n2)c1.OCN(CO)CO. The molecule has 0 spiro atoms. The minimum Gasteiger partial charge on any atom is -0.487 e. The predicted molar refractivity (Wildman–Crippen MR) is 138 cm³/mol. The van der Waals surface area contributed by atoms with E-state index in [0.29, 0.717) is 22.3 Å². The summed E-state index contributed by atoms with van der Waals surface area (Å²) in [6.07, 6.45) is 0. The number of hydrogen-bond donors (Lipinski definition) is 4. The predicted octanol–water partition coefficient (Wildman–Crippen LogP) is 4.45. The molecule has 0 saturated heterocycles. The molecule has 0 aliphatic heterocycles. The highest BCUT2D eigenvalue weighted by Crippen LogP contribution is 2.32. The number of aliphatic hydroxyl groups is 3. The summed E-state index contributed by atoms with van der Waals surface area (Å²) in [5, 5.41) is 35.4.